The van der Waals surface area contributed by atoms with Crippen LogP contribution in [0.4, 0.5) is 0 Å². The number of hydrogen-bond donors (Lipinski definition) is 1. The zero-order chi connectivity index (χ0) is 18.2. The van der Waals surface area contributed by atoms with Gasteiger partial charge in [-0.3, -0.25) is 9.59 Å². The quantitative estimate of drug-likeness (QED) is 0.519. The highest BCUT2D eigenvalue weighted by molar-refractivity contribution is 9.10. The molecule has 0 radical (unpaired) electrons. The van der Waals surface area contributed by atoms with Gasteiger partial charge >= 0.3 is 0 Å². The maximum absolute atomic E-state index is 12.2. The first-order chi connectivity index (χ1) is 12.0. The number of ether oxygens (including phenoxy) is 2. The zero-order valence-electron chi connectivity index (χ0n) is 14.6. The van der Waals surface area contributed by atoms with Gasteiger partial charge in [0.1, 0.15) is 0 Å². The average molecular weight is 410 g/mol. The van der Waals surface area contributed by atoms with Crippen molar-refractivity contribution in [1.82, 2.24) is 5.32 Å². The standard InChI is InChI=1S/C19H24BrNO4/c1-13(19(23)21-9-8-14-6-4-3-5-7-14)25-18-10-15(12-22)16(20)11-17(18)24-2/h6,10-13H,3-5,7-9H2,1-2H3,(H,21,23)/t13-/m1/s1. The van der Waals surface area contributed by atoms with E-state index >= 15 is 0 Å². The van der Waals surface area contributed by atoms with Crippen LogP contribution in [-0.4, -0.2) is 32.0 Å². The van der Waals surface area contributed by atoms with E-state index < -0.39 is 6.10 Å². The van der Waals surface area contributed by atoms with Gasteiger partial charge in [0.15, 0.2) is 23.9 Å². The van der Waals surface area contributed by atoms with Gasteiger partial charge in [-0.25, -0.2) is 0 Å². The van der Waals surface area contributed by atoms with Crippen molar-refractivity contribution in [2.45, 2.75) is 45.1 Å². The van der Waals surface area contributed by atoms with Crippen molar-refractivity contribution < 1.29 is 19.1 Å². The van der Waals surface area contributed by atoms with Crippen molar-refractivity contribution in [3.05, 3.63) is 33.8 Å². The van der Waals surface area contributed by atoms with Crippen LogP contribution in [0.1, 0.15) is 49.4 Å². The van der Waals surface area contributed by atoms with E-state index in [0.717, 1.165) is 25.5 Å². The third-order valence-electron chi connectivity index (χ3n) is 4.21. The predicted octanol–water partition coefficient (Wildman–Crippen LogP) is 4.04. The molecule has 5 nitrogen and oxygen atoms in total. The fourth-order valence-electron chi connectivity index (χ4n) is 2.76. The molecule has 1 aromatic rings. The first-order valence-corrected chi connectivity index (χ1v) is 9.29. The summed E-state index contributed by atoms with van der Waals surface area (Å²) >= 11 is 3.30. The minimum atomic E-state index is -0.685. The lowest BCUT2D eigenvalue weighted by Crippen LogP contribution is -2.37. The molecule has 0 heterocycles. The SMILES string of the molecule is COc1cc(Br)c(C=O)cc1O[C@H](C)C(=O)NCCC1=CCCCC1. The van der Waals surface area contributed by atoms with Gasteiger partial charge in [0.05, 0.1) is 7.11 Å². The first-order valence-electron chi connectivity index (χ1n) is 8.50. The lowest BCUT2D eigenvalue weighted by atomic mass is 9.97. The van der Waals surface area contributed by atoms with Crippen molar-refractivity contribution in [3.8, 4) is 11.5 Å². The minimum absolute atomic E-state index is 0.186. The van der Waals surface area contributed by atoms with Gasteiger partial charge in [-0.1, -0.05) is 11.6 Å². The predicted molar refractivity (Wildman–Crippen MR) is 100 cm³/mol. The molecular formula is C19H24BrNO4. The molecule has 1 N–H and O–H groups in total. The maximum Gasteiger partial charge on any atom is 0.260 e. The number of nitrogens with one attached hydrogen (secondary N) is 1. The summed E-state index contributed by atoms with van der Waals surface area (Å²) in [6.07, 6.45) is 7.98. The Balaban J connectivity index is 1.91. The van der Waals surface area contributed by atoms with E-state index in [4.69, 9.17) is 9.47 Å². The van der Waals surface area contributed by atoms with Gasteiger partial charge in [0.25, 0.3) is 5.91 Å². The molecular weight excluding hydrogens is 386 g/mol. The molecule has 6 heteroatoms. The van der Waals surface area contributed by atoms with E-state index in [9.17, 15) is 9.59 Å². The summed E-state index contributed by atoms with van der Waals surface area (Å²) in [5, 5.41) is 2.90. The number of carbonyl (C=O) groups is 2. The fourth-order valence-corrected chi connectivity index (χ4v) is 3.17. The summed E-state index contributed by atoms with van der Waals surface area (Å²) in [5.41, 5.74) is 1.86. The Kier molecular flexibility index (Phi) is 7.50. The molecule has 25 heavy (non-hydrogen) atoms. The Morgan fingerprint density at radius 2 is 2.16 bits per heavy atom. The number of hydrogen-bond acceptors (Lipinski definition) is 4. The molecule has 1 amide bonds. The molecule has 0 unspecified atom stereocenters. The summed E-state index contributed by atoms with van der Waals surface area (Å²) in [5.74, 6) is 0.643. The second-order valence-electron chi connectivity index (χ2n) is 6.05. The van der Waals surface area contributed by atoms with Gasteiger partial charge in [-0.2, -0.15) is 0 Å². The van der Waals surface area contributed by atoms with Crippen LogP contribution in [0, 0.1) is 0 Å². The molecule has 1 atom stereocenters. The highest BCUT2D eigenvalue weighted by atomic mass is 79.9. The van der Waals surface area contributed by atoms with Crippen molar-refractivity contribution >= 4 is 28.1 Å². The molecule has 0 aromatic heterocycles. The highest BCUT2D eigenvalue weighted by Crippen LogP contribution is 2.33. The second kappa shape index (κ2) is 9.61. The largest absolute Gasteiger partial charge is 0.493 e. The Labute approximate surface area is 156 Å². The molecule has 1 aliphatic rings. The third-order valence-corrected chi connectivity index (χ3v) is 4.90. The number of benzene rings is 1. The molecule has 2 rings (SSSR count). The van der Waals surface area contributed by atoms with E-state index in [2.05, 4.69) is 27.3 Å². The third kappa shape index (κ3) is 5.59. The summed E-state index contributed by atoms with van der Waals surface area (Å²) in [7, 11) is 1.51. The molecule has 1 aliphatic carbocycles. The van der Waals surface area contributed by atoms with Gasteiger partial charge in [-0.05, 0) is 67.1 Å². The Bertz CT molecular complexity index is 657. The topological polar surface area (TPSA) is 64.6 Å². The van der Waals surface area contributed by atoms with Crippen LogP contribution in [0.15, 0.2) is 28.3 Å². The van der Waals surface area contributed by atoms with Crippen LogP contribution < -0.4 is 14.8 Å². The van der Waals surface area contributed by atoms with Crippen LogP contribution in [0.5, 0.6) is 11.5 Å². The van der Waals surface area contributed by atoms with Gasteiger partial charge in [0, 0.05) is 16.6 Å². The number of amides is 1. The van der Waals surface area contributed by atoms with Gasteiger partial charge < -0.3 is 14.8 Å². The second-order valence-corrected chi connectivity index (χ2v) is 6.91. The van der Waals surface area contributed by atoms with Crippen LogP contribution in [0.25, 0.3) is 0 Å². The summed E-state index contributed by atoms with van der Waals surface area (Å²) in [6.45, 7) is 2.28. The van der Waals surface area contributed by atoms with E-state index in [1.54, 1.807) is 19.1 Å². The Morgan fingerprint density at radius 1 is 1.36 bits per heavy atom. The van der Waals surface area contributed by atoms with Crippen LogP contribution in [-0.2, 0) is 4.79 Å². The summed E-state index contributed by atoms with van der Waals surface area (Å²) in [6, 6.07) is 3.21. The minimum Gasteiger partial charge on any atom is -0.493 e. The van der Waals surface area contributed by atoms with Crippen LogP contribution >= 0.6 is 15.9 Å². The molecule has 0 fully saturated rings. The molecule has 0 aliphatic heterocycles. The number of methoxy groups -OCH3 is 1. The molecule has 0 bridgehead atoms. The maximum atomic E-state index is 12.2. The summed E-state index contributed by atoms with van der Waals surface area (Å²) < 4.78 is 11.6. The lowest BCUT2D eigenvalue weighted by Gasteiger charge is -2.18. The smallest absolute Gasteiger partial charge is 0.260 e. The monoisotopic (exact) mass is 409 g/mol. The molecule has 0 saturated heterocycles. The van der Waals surface area contributed by atoms with E-state index in [1.165, 1.54) is 25.5 Å². The average Bonchev–Trinajstić information content (AvgIpc) is 2.63. The van der Waals surface area contributed by atoms with E-state index in [1.807, 2.05) is 0 Å². The van der Waals surface area contributed by atoms with Crippen molar-refractivity contribution in [1.29, 1.82) is 0 Å². The van der Waals surface area contributed by atoms with Crippen molar-refractivity contribution in [2.24, 2.45) is 0 Å². The number of allylic oxidation sites excluding steroid dienone is 1. The van der Waals surface area contributed by atoms with E-state index in [-0.39, 0.29) is 5.91 Å². The molecule has 1 aromatic carbocycles. The van der Waals surface area contributed by atoms with Crippen LogP contribution in [0.3, 0.4) is 0 Å². The number of aldehydes is 1. The van der Waals surface area contributed by atoms with Crippen molar-refractivity contribution in [3.63, 3.8) is 0 Å². The van der Waals surface area contributed by atoms with Crippen LogP contribution in [0.2, 0.25) is 0 Å². The highest BCUT2D eigenvalue weighted by Gasteiger charge is 2.18. The lowest BCUT2D eigenvalue weighted by molar-refractivity contribution is -0.127. The van der Waals surface area contributed by atoms with Crippen molar-refractivity contribution in [2.75, 3.05) is 13.7 Å². The van der Waals surface area contributed by atoms with Gasteiger partial charge in [0.2, 0.25) is 0 Å². The Hall–Kier alpha value is -1.82. The number of carbonyl (C=O) groups excluding carboxylic acids is 2. The fraction of sp³-hybridized carbons (Fsp3) is 0.474. The van der Waals surface area contributed by atoms with E-state index in [0.29, 0.717) is 28.1 Å². The first kappa shape index (κ1) is 19.5. The zero-order valence-corrected chi connectivity index (χ0v) is 16.2. The normalized spacial score (nSPS) is 15.1. The summed E-state index contributed by atoms with van der Waals surface area (Å²) in [4.78, 5) is 23.3. The van der Waals surface area contributed by atoms with Gasteiger partial charge in [-0.15, -0.1) is 0 Å². The molecule has 136 valence electrons. The Morgan fingerprint density at radius 3 is 2.80 bits per heavy atom. The number of halogens is 1. The number of rotatable bonds is 8. The molecule has 0 spiro atoms. The molecule has 0 saturated carbocycles.